The summed E-state index contributed by atoms with van der Waals surface area (Å²) in [6.07, 6.45) is 0. The summed E-state index contributed by atoms with van der Waals surface area (Å²) in [5, 5.41) is 5.41. The molecule has 0 unspecified atom stereocenters. The van der Waals surface area contributed by atoms with Crippen LogP contribution in [0.1, 0.15) is 5.56 Å². The van der Waals surface area contributed by atoms with E-state index in [4.69, 9.17) is 4.74 Å². The normalized spacial score (nSPS) is 10.2. The van der Waals surface area contributed by atoms with Gasteiger partial charge in [0.25, 0.3) is 0 Å². The Kier molecular flexibility index (Phi) is 5.42. The third-order valence-electron chi connectivity index (χ3n) is 3.04. The van der Waals surface area contributed by atoms with Gasteiger partial charge in [-0.1, -0.05) is 0 Å². The van der Waals surface area contributed by atoms with E-state index in [2.05, 4.69) is 15.4 Å². The van der Waals surface area contributed by atoms with E-state index >= 15 is 0 Å². The van der Waals surface area contributed by atoms with E-state index in [1.54, 1.807) is 43.5 Å². The summed E-state index contributed by atoms with van der Waals surface area (Å²) in [5.41, 5.74) is 2.52. The van der Waals surface area contributed by atoms with E-state index in [1.807, 2.05) is 13.0 Å². The van der Waals surface area contributed by atoms with E-state index in [0.717, 1.165) is 5.56 Å². The number of anilines is 3. The largest absolute Gasteiger partial charge is 0.497 e. The van der Waals surface area contributed by atoms with Gasteiger partial charge >= 0.3 is 6.03 Å². The Morgan fingerprint density at radius 1 is 1.00 bits per heavy atom. The maximum absolute atomic E-state index is 12.0. The first-order valence-electron chi connectivity index (χ1n) is 6.71. The van der Waals surface area contributed by atoms with Gasteiger partial charge in [-0.05, 0) is 55.0 Å². The smallest absolute Gasteiger partial charge is 0.323 e. The predicted octanol–water partition coefficient (Wildman–Crippen LogP) is 2.59. The lowest BCUT2D eigenvalue weighted by molar-refractivity contribution is 0.262. The van der Waals surface area contributed by atoms with Crippen molar-refractivity contribution in [1.29, 1.82) is 0 Å². The number of hydrogen-bond acceptors (Lipinski definition) is 4. The first-order chi connectivity index (χ1) is 11.0. The molecule has 0 aliphatic carbocycles. The van der Waals surface area contributed by atoms with E-state index in [-0.39, 0.29) is 0 Å². The second-order valence-electron chi connectivity index (χ2n) is 4.71. The Hall–Kier alpha value is -2.74. The monoisotopic (exact) mass is 335 g/mol. The maximum Gasteiger partial charge on any atom is 0.323 e. The van der Waals surface area contributed by atoms with Crippen LogP contribution in [0.25, 0.3) is 0 Å². The molecule has 0 atom stereocenters. The van der Waals surface area contributed by atoms with Crippen molar-refractivity contribution in [2.75, 3.05) is 22.5 Å². The summed E-state index contributed by atoms with van der Waals surface area (Å²) in [7, 11) is -1.12. The predicted molar refractivity (Wildman–Crippen MR) is 90.8 cm³/mol. The molecular weight excluding hydrogens is 318 g/mol. The van der Waals surface area contributed by atoms with Gasteiger partial charge in [0.15, 0.2) is 0 Å². The molecule has 0 aromatic heterocycles. The van der Waals surface area contributed by atoms with Crippen molar-refractivity contribution in [3.05, 3.63) is 48.0 Å². The highest BCUT2D eigenvalue weighted by molar-refractivity contribution is 7.73. The van der Waals surface area contributed by atoms with Crippen molar-refractivity contribution in [3.63, 3.8) is 0 Å². The van der Waals surface area contributed by atoms with Crippen LogP contribution in [0.3, 0.4) is 0 Å². The molecule has 122 valence electrons. The highest BCUT2D eigenvalue weighted by Gasteiger charge is 2.06. The number of benzene rings is 2. The van der Waals surface area contributed by atoms with Gasteiger partial charge in [0.05, 0.1) is 7.11 Å². The van der Waals surface area contributed by atoms with Crippen molar-refractivity contribution < 1.29 is 17.9 Å². The molecule has 0 heterocycles. The number of methoxy groups -OCH3 is 1. The summed E-state index contributed by atoms with van der Waals surface area (Å²) in [6.45, 7) is 1.86. The first kappa shape index (κ1) is 16.6. The van der Waals surface area contributed by atoms with Gasteiger partial charge in [-0.3, -0.25) is 4.72 Å². The highest BCUT2D eigenvalue weighted by Crippen LogP contribution is 2.21. The van der Waals surface area contributed by atoms with Crippen LogP contribution in [0.2, 0.25) is 0 Å². The third-order valence-corrected chi connectivity index (χ3v) is 3.49. The number of nitrogens with one attached hydrogen (secondary N) is 3. The number of thiol groups is 1. The van der Waals surface area contributed by atoms with Crippen LogP contribution in [0.5, 0.6) is 5.75 Å². The Bertz CT molecular complexity index is 765. The quantitative estimate of drug-likeness (QED) is 0.632. The van der Waals surface area contributed by atoms with Gasteiger partial charge in [-0.25, -0.2) is 13.2 Å². The van der Waals surface area contributed by atoms with E-state index < -0.39 is 16.9 Å². The fourth-order valence-corrected chi connectivity index (χ4v) is 2.28. The Morgan fingerprint density at radius 2 is 1.65 bits per heavy atom. The number of amides is 2. The summed E-state index contributed by atoms with van der Waals surface area (Å²) >= 11 is 0. The summed E-state index contributed by atoms with van der Waals surface area (Å²) in [4.78, 5) is 12.0. The van der Waals surface area contributed by atoms with Gasteiger partial charge in [0.2, 0.25) is 10.9 Å². The average molecular weight is 335 g/mol. The molecule has 0 aliphatic heterocycles. The molecule has 0 fully saturated rings. The van der Waals surface area contributed by atoms with Crippen LogP contribution in [-0.2, 0) is 10.9 Å². The molecule has 2 rings (SSSR count). The third kappa shape index (κ3) is 4.89. The lowest BCUT2D eigenvalue weighted by atomic mass is 10.2. The fraction of sp³-hybridized carbons (Fsp3) is 0.133. The van der Waals surface area contributed by atoms with E-state index in [1.165, 1.54) is 0 Å². The van der Waals surface area contributed by atoms with Crippen LogP contribution in [-0.4, -0.2) is 21.6 Å². The van der Waals surface area contributed by atoms with E-state index in [9.17, 15) is 13.2 Å². The number of hydrogen-bond donors (Lipinski definition) is 4. The van der Waals surface area contributed by atoms with Gasteiger partial charge < -0.3 is 15.4 Å². The number of rotatable bonds is 5. The minimum absolute atomic E-state index is 0.395. The zero-order valence-electron chi connectivity index (χ0n) is 12.6. The standard InChI is InChI=1S/C15H17N3O4S/c1-10-9-13(22-2)7-8-14(10)17-15(19)16-11-3-5-12(6-4-11)18-23(20)21/h3-9,23H,1-2H3,(H2,16,17,19)(H,18,20,21). The molecule has 0 radical (unpaired) electrons. The van der Waals surface area contributed by atoms with Crippen molar-refractivity contribution in [2.45, 2.75) is 6.92 Å². The maximum atomic E-state index is 12.0. The molecule has 23 heavy (non-hydrogen) atoms. The fourth-order valence-electron chi connectivity index (χ4n) is 1.92. The SMILES string of the molecule is COc1ccc(NC(=O)Nc2ccc(N[SH](=O)=O)cc2)c(C)c1. The van der Waals surface area contributed by atoms with Crippen LogP contribution in [0.15, 0.2) is 42.5 Å². The Morgan fingerprint density at radius 3 is 2.22 bits per heavy atom. The Labute approximate surface area is 135 Å². The zero-order chi connectivity index (χ0) is 16.8. The van der Waals surface area contributed by atoms with Crippen LogP contribution in [0.4, 0.5) is 21.9 Å². The number of carbonyl (C=O) groups is 1. The second kappa shape index (κ2) is 7.50. The van der Waals surface area contributed by atoms with Gasteiger partial charge in [-0.15, -0.1) is 0 Å². The molecular formula is C15H17N3O4S. The lowest BCUT2D eigenvalue weighted by Crippen LogP contribution is -2.19. The molecule has 8 heteroatoms. The van der Waals surface area contributed by atoms with Crippen molar-refractivity contribution in [1.82, 2.24) is 0 Å². The van der Waals surface area contributed by atoms with E-state index in [0.29, 0.717) is 22.8 Å². The van der Waals surface area contributed by atoms with Gasteiger partial charge in [-0.2, -0.15) is 0 Å². The molecule has 0 bridgehead atoms. The van der Waals surface area contributed by atoms with Crippen molar-refractivity contribution in [3.8, 4) is 5.75 Å². The number of carbonyl (C=O) groups excluding carboxylic acids is 1. The summed E-state index contributed by atoms with van der Waals surface area (Å²) in [5.74, 6) is 0.716. The molecule has 0 saturated carbocycles. The minimum Gasteiger partial charge on any atom is -0.497 e. The molecule has 2 aromatic carbocycles. The average Bonchev–Trinajstić information content (AvgIpc) is 2.50. The Balaban J connectivity index is 1.99. The first-order valence-corrected chi connectivity index (χ1v) is 7.89. The van der Waals surface area contributed by atoms with Crippen molar-refractivity contribution in [2.24, 2.45) is 0 Å². The minimum atomic E-state index is -2.70. The summed E-state index contributed by atoms with van der Waals surface area (Å²) in [6, 6.07) is 11.2. The lowest BCUT2D eigenvalue weighted by Gasteiger charge is -2.11. The van der Waals surface area contributed by atoms with Crippen molar-refractivity contribution >= 4 is 34.0 Å². The molecule has 2 amide bonds. The number of urea groups is 1. The summed E-state index contributed by atoms with van der Waals surface area (Å²) < 4.78 is 28.5. The molecule has 2 aromatic rings. The highest BCUT2D eigenvalue weighted by atomic mass is 32.2. The second-order valence-corrected chi connectivity index (χ2v) is 5.44. The topological polar surface area (TPSA) is 96.5 Å². The van der Waals surface area contributed by atoms with Crippen LogP contribution >= 0.6 is 0 Å². The number of aryl methyl sites for hydroxylation is 1. The van der Waals surface area contributed by atoms with Crippen LogP contribution in [0, 0.1) is 6.92 Å². The molecule has 0 spiro atoms. The van der Waals surface area contributed by atoms with Gasteiger partial charge in [0.1, 0.15) is 5.75 Å². The zero-order valence-corrected chi connectivity index (χ0v) is 13.5. The molecule has 0 aliphatic rings. The van der Waals surface area contributed by atoms with Gasteiger partial charge in [0, 0.05) is 17.1 Å². The number of ether oxygens (including phenoxy) is 1. The molecule has 0 saturated heterocycles. The molecule has 7 nitrogen and oxygen atoms in total. The molecule has 3 N–H and O–H groups in total. The van der Waals surface area contributed by atoms with Crippen LogP contribution < -0.4 is 20.1 Å².